The predicted molar refractivity (Wildman–Crippen MR) is 76.0 cm³/mol. The van der Waals surface area contributed by atoms with Crippen LogP contribution in [-0.4, -0.2) is 13.2 Å². The Hall–Kier alpha value is -1.02. The Balaban J connectivity index is 2.00. The maximum atomic E-state index is 5.20. The van der Waals surface area contributed by atoms with Gasteiger partial charge < -0.3 is 10.1 Å². The van der Waals surface area contributed by atoms with E-state index in [1.54, 1.807) is 7.11 Å². The Morgan fingerprint density at radius 1 is 1.28 bits per heavy atom. The molecule has 0 spiro atoms. The molecule has 1 saturated carbocycles. The largest absolute Gasteiger partial charge is 0.497 e. The van der Waals surface area contributed by atoms with Crippen LogP contribution in [0.15, 0.2) is 24.3 Å². The minimum atomic E-state index is 0.401. The van der Waals surface area contributed by atoms with Gasteiger partial charge in [-0.25, -0.2) is 0 Å². The van der Waals surface area contributed by atoms with Gasteiger partial charge in [-0.15, -0.1) is 0 Å². The van der Waals surface area contributed by atoms with Crippen LogP contribution in [0.2, 0.25) is 0 Å². The van der Waals surface area contributed by atoms with Crippen molar-refractivity contribution < 1.29 is 4.74 Å². The first-order valence-electron chi connectivity index (χ1n) is 6.93. The summed E-state index contributed by atoms with van der Waals surface area (Å²) in [6, 6.07) is 9.41. The summed E-state index contributed by atoms with van der Waals surface area (Å²) in [5.74, 6) is 0.923. The predicted octanol–water partition coefficient (Wildman–Crippen LogP) is 3.92. The average molecular weight is 247 g/mol. The highest BCUT2D eigenvalue weighted by Crippen LogP contribution is 2.38. The molecule has 0 radical (unpaired) electrons. The molecule has 0 heterocycles. The fourth-order valence-corrected chi connectivity index (χ4v) is 2.93. The van der Waals surface area contributed by atoms with Crippen LogP contribution in [0.3, 0.4) is 0 Å². The molecule has 1 fully saturated rings. The number of methoxy groups -OCH3 is 1. The van der Waals surface area contributed by atoms with Crippen molar-refractivity contribution in [3.8, 4) is 5.75 Å². The van der Waals surface area contributed by atoms with Gasteiger partial charge in [0.1, 0.15) is 5.75 Å². The second-order valence-electron chi connectivity index (χ2n) is 6.09. The third-order valence-corrected chi connectivity index (χ3v) is 4.32. The molecule has 0 aromatic heterocycles. The number of rotatable bonds is 4. The summed E-state index contributed by atoms with van der Waals surface area (Å²) < 4.78 is 5.20. The van der Waals surface area contributed by atoms with Crippen molar-refractivity contribution in [1.82, 2.24) is 5.32 Å². The Morgan fingerprint density at radius 2 is 1.94 bits per heavy atom. The molecular weight excluding hydrogens is 222 g/mol. The first-order chi connectivity index (χ1) is 8.53. The summed E-state index contributed by atoms with van der Waals surface area (Å²) in [5, 5.41) is 3.78. The van der Waals surface area contributed by atoms with Gasteiger partial charge >= 0.3 is 0 Å². The van der Waals surface area contributed by atoms with Crippen molar-refractivity contribution in [2.45, 2.75) is 52.1 Å². The van der Waals surface area contributed by atoms with E-state index < -0.39 is 0 Å². The van der Waals surface area contributed by atoms with Crippen LogP contribution in [0, 0.1) is 5.41 Å². The molecular formula is C16H25NO. The van der Waals surface area contributed by atoms with E-state index in [4.69, 9.17) is 4.74 Å². The third-order valence-electron chi connectivity index (χ3n) is 4.32. The second-order valence-corrected chi connectivity index (χ2v) is 6.09. The lowest BCUT2D eigenvalue weighted by atomic mass is 9.86. The normalized spacial score (nSPS) is 23.9. The van der Waals surface area contributed by atoms with Gasteiger partial charge in [-0.3, -0.25) is 0 Å². The maximum Gasteiger partial charge on any atom is 0.118 e. The number of hydrogen-bond acceptors (Lipinski definition) is 2. The molecule has 0 saturated heterocycles. The molecule has 2 heteroatoms. The van der Waals surface area contributed by atoms with Crippen LogP contribution in [0.4, 0.5) is 0 Å². The summed E-state index contributed by atoms with van der Waals surface area (Å²) in [6.07, 6.45) is 3.98. The summed E-state index contributed by atoms with van der Waals surface area (Å²) in [6.45, 7) is 6.99. The van der Waals surface area contributed by atoms with E-state index in [1.807, 2.05) is 12.1 Å². The number of nitrogens with one attached hydrogen (secondary N) is 1. The Kier molecular flexibility index (Phi) is 3.96. The van der Waals surface area contributed by atoms with Crippen LogP contribution < -0.4 is 10.1 Å². The van der Waals surface area contributed by atoms with Gasteiger partial charge in [-0.1, -0.05) is 32.4 Å². The first-order valence-corrected chi connectivity index (χ1v) is 6.93. The molecule has 2 rings (SSSR count). The van der Waals surface area contributed by atoms with E-state index in [0.717, 1.165) is 5.75 Å². The van der Waals surface area contributed by atoms with Gasteiger partial charge in [-0.2, -0.15) is 0 Å². The zero-order chi connectivity index (χ0) is 13.2. The van der Waals surface area contributed by atoms with E-state index >= 15 is 0 Å². The van der Waals surface area contributed by atoms with Crippen molar-refractivity contribution in [2.24, 2.45) is 5.41 Å². The quantitative estimate of drug-likeness (QED) is 0.870. The molecule has 1 aliphatic rings. The van der Waals surface area contributed by atoms with Crippen molar-refractivity contribution in [3.05, 3.63) is 29.8 Å². The van der Waals surface area contributed by atoms with Gasteiger partial charge in [0.15, 0.2) is 0 Å². The van der Waals surface area contributed by atoms with Crippen molar-refractivity contribution >= 4 is 0 Å². The monoisotopic (exact) mass is 247 g/mol. The van der Waals surface area contributed by atoms with Crippen LogP contribution in [0.5, 0.6) is 5.75 Å². The van der Waals surface area contributed by atoms with E-state index in [1.165, 1.54) is 24.8 Å². The molecule has 0 bridgehead atoms. The van der Waals surface area contributed by atoms with Crippen molar-refractivity contribution in [3.63, 3.8) is 0 Å². The second kappa shape index (κ2) is 5.31. The average Bonchev–Trinajstić information content (AvgIpc) is 2.69. The van der Waals surface area contributed by atoms with E-state index in [2.05, 4.69) is 38.2 Å². The Morgan fingerprint density at radius 3 is 2.44 bits per heavy atom. The van der Waals surface area contributed by atoms with E-state index in [-0.39, 0.29) is 0 Å². The zero-order valence-electron chi connectivity index (χ0n) is 12.0. The van der Waals surface area contributed by atoms with Gasteiger partial charge in [0.05, 0.1) is 7.11 Å². The number of ether oxygens (including phenoxy) is 1. The fraction of sp³-hybridized carbons (Fsp3) is 0.625. The first kappa shape index (κ1) is 13.4. The highest BCUT2D eigenvalue weighted by Gasteiger charge is 2.34. The summed E-state index contributed by atoms with van der Waals surface area (Å²) >= 11 is 0. The Labute approximate surface area is 111 Å². The molecule has 1 aliphatic carbocycles. The molecule has 18 heavy (non-hydrogen) atoms. The molecule has 0 amide bonds. The number of benzene rings is 1. The minimum absolute atomic E-state index is 0.401. The SMILES string of the molecule is COc1ccc([C@@H](C)NC2CCCC2(C)C)cc1. The lowest BCUT2D eigenvalue weighted by Crippen LogP contribution is -2.39. The smallest absolute Gasteiger partial charge is 0.118 e. The molecule has 1 N–H and O–H groups in total. The van der Waals surface area contributed by atoms with E-state index in [9.17, 15) is 0 Å². The maximum absolute atomic E-state index is 5.20. The summed E-state index contributed by atoms with van der Waals surface area (Å²) in [7, 11) is 1.71. The summed E-state index contributed by atoms with van der Waals surface area (Å²) in [5.41, 5.74) is 1.76. The van der Waals surface area contributed by atoms with Gasteiger partial charge in [0.25, 0.3) is 0 Å². The standard InChI is InChI=1S/C16H25NO/c1-12(13-7-9-14(18-4)10-8-13)17-15-6-5-11-16(15,2)3/h7-10,12,15,17H,5-6,11H2,1-4H3/t12-,15?/m1/s1. The van der Waals surface area contributed by atoms with Crippen LogP contribution in [0.25, 0.3) is 0 Å². The summed E-state index contributed by atoms with van der Waals surface area (Å²) in [4.78, 5) is 0. The molecule has 1 unspecified atom stereocenters. The van der Waals surface area contributed by atoms with Crippen LogP contribution in [0.1, 0.15) is 51.6 Å². The van der Waals surface area contributed by atoms with Crippen molar-refractivity contribution in [1.29, 1.82) is 0 Å². The number of hydrogen-bond donors (Lipinski definition) is 1. The van der Waals surface area contributed by atoms with Gasteiger partial charge in [0, 0.05) is 12.1 Å². The Bertz CT molecular complexity index is 383. The molecule has 1 aromatic rings. The van der Waals surface area contributed by atoms with E-state index in [0.29, 0.717) is 17.5 Å². The third kappa shape index (κ3) is 2.86. The molecule has 2 atom stereocenters. The van der Waals surface area contributed by atoms with Gasteiger partial charge in [-0.05, 0) is 42.9 Å². The van der Waals surface area contributed by atoms with Crippen LogP contribution >= 0.6 is 0 Å². The van der Waals surface area contributed by atoms with Crippen molar-refractivity contribution in [2.75, 3.05) is 7.11 Å². The highest BCUT2D eigenvalue weighted by atomic mass is 16.5. The minimum Gasteiger partial charge on any atom is -0.497 e. The highest BCUT2D eigenvalue weighted by molar-refractivity contribution is 5.28. The van der Waals surface area contributed by atoms with Gasteiger partial charge in [0.2, 0.25) is 0 Å². The molecule has 100 valence electrons. The zero-order valence-corrected chi connectivity index (χ0v) is 12.0. The van der Waals surface area contributed by atoms with Crippen LogP contribution in [-0.2, 0) is 0 Å². The fourth-order valence-electron chi connectivity index (χ4n) is 2.93. The molecule has 2 nitrogen and oxygen atoms in total. The lowest BCUT2D eigenvalue weighted by Gasteiger charge is -2.31. The lowest BCUT2D eigenvalue weighted by molar-refractivity contribution is 0.266. The molecule has 0 aliphatic heterocycles. The molecule has 1 aromatic carbocycles. The topological polar surface area (TPSA) is 21.3 Å².